The predicted molar refractivity (Wildman–Crippen MR) is 87.2 cm³/mol. The van der Waals surface area contributed by atoms with Crippen LogP contribution in [0.3, 0.4) is 0 Å². The summed E-state index contributed by atoms with van der Waals surface area (Å²) < 4.78 is 5.96. The lowest BCUT2D eigenvalue weighted by molar-refractivity contribution is -0.168. The Labute approximate surface area is 152 Å². The monoisotopic (exact) mass is 379 g/mol. The number of benzene rings is 1. The van der Waals surface area contributed by atoms with Gasteiger partial charge in [0.05, 0.1) is 17.9 Å². The summed E-state index contributed by atoms with van der Waals surface area (Å²) in [4.78, 5) is 44.9. The van der Waals surface area contributed by atoms with Crippen molar-refractivity contribution < 1.29 is 29.1 Å². The van der Waals surface area contributed by atoms with Gasteiger partial charge < -0.3 is 19.6 Å². The lowest BCUT2D eigenvalue weighted by atomic mass is 10.1. The van der Waals surface area contributed by atoms with Crippen LogP contribution >= 0.6 is 11.6 Å². The maximum Gasteiger partial charge on any atom is 0.442 e. The summed E-state index contributed by atoms with van der Waals surface area (Å²) >= 11 is 5.95. The highest BCUT2D eigenvalue weighted by atomic mass is 35.5. The number of esters is 1. The van der Waals surface area contributed by atoms with Crippen LogP contribution < -0.4 is 4.84 Å². The van der Waals surface area contributed by atoms with Gasteiger partial charge in [0, 0.05) is 23.6 Å². The molecule has 0 spiro atoms. The lowest BCUT2D eigenvalue weighted by Gasteiger charge is -2.23. The van der Waals surface area contributed by atoms with E-state index in [0.29, 0.717) is 28.4 Å². The Balaban J connectivity index is 1.59. The molecule has 0 saturated carbocycles. The van der Waals surface area contributed by atoms with Gasteiger partial charge in [0.15, 0.2) is 0 Å². The molecule has 0 unspecified atom stereocenters. The molecule has 1 amide bonds. The first-order valence-electron chi connectivity index (χ1n) is 7.61. The van der Waals surface area contributed by atoms with Crippen molar-refractivity contribution >= 4 is 29.6 Å². The van der Waals surface area contributed by atoms with E-state index in [9.17, 15) is 14.4 Å². The molecule has 0 aliphatic carbocycles. The number of imidazole rings is 1. The number of halogens is 1. The van der Waals surface area contributed by atoms with Gasteiger partial charge in [-0.25, -0.2) is 19.4 Å². The van der Waals surface area contributed by atoms with E-state index in [2.05, 4.69) is 4.98 Å². The molecule has 0 radical (unpaired) electrons. The fourth-order valence-electron chi connectivity index (χ4n) is 2.47. The van der Waals surface area contributed by atoms with Crippen molar-refractivity contribution in [3.8, 4) is 0 Å². The van der Waals surface area contributed by atoms with Gasteiger partial charge in [-0.15, -0.1) is 0 Å². The first-order valence-corrected chi connectivity index (χ1v) is 7.99. The van der Waals surface area contributed by atoms with Crippen molar-refractivity contribution in [2.45, 2.75) is 19.6 Å². The summed E-state index contributed by atoms with van der Waals surface area (Å²) in [5.41, 5.74) is 1.56. The molecule has 136 valence electrons. The molecule has 1 aliphatic rings. The van der Waals surface area contributed by atoms with Crippen LogP contribution in [-0.2, 0) is 33.9 Å². The van der Waals surface area contributed by atoms with E-state index in [-0.39, 0.29) is 19.7 Å². The first kappa shape index (κ1) is 17.7. The molecule has 0 bridgehead atoms. The molecule has 2 heterocycles. The standard InChI is InChI=1S/C16H14ClN3O6/c17-11-4-2-1-3-10(11)8-25-14(21)15(22)26-20-9-18-12-7-19(16(23)24)6-5-13(12)20/h1-4,9H,5-8H2,(H,23,24). The van der Waals surface area contributed by atoms with Gasteiger partial charge in [0.2, 0.25) is 0 Å². The molecule has 1 aromatic carbocycles. The normalized spacial score (nSPS) is 13.0. The third-order valence-electron chi connectivity index (χ3n) is 3.81. The number of carboxylic acid groups (broad SMARTS) is 1. The lowest BCUT2D eigenvalue weighted by Crippen LogP contribution is -2.36. The molecule has 3 rings (SSSR count). The van der Waals surface area contributed by atoms with E-state index in [4.69, 9.17) is 26.3 Å². The average molecular weight is 380 g/mol. The zero-order valence-corrected chi connectivity index (χ0v) is 14.2. The molecule has 1 aromatic heterocycles. The topological polar surface area (TPSA) is 111 Å². The quantitative estimate of drug-likeness (QED) is 0.631. The van der Waals surface area contributed by atoms with Gasteiger partial charge in [0.1, 0.15) is 12.9 Å². The Bertz CT molecular complexity index is 865. The predicted octanol–water partition coefficient (Wildman–Crippen LogP) is 1.27. The van der Waals surface area contributed by atoms with Gasteiger partial charge in [0.25, 0.3) is 0 Å². The van der Waals surface area contributed by atoms with E-state index in [1.54, 1.807) is 24.3 Å². The van der Waals surface area contributed by atoms with Crippen LogP contribution in [0, 0.1) is 0 Å². The second-order valence-corrected chi connectivity index (χ2v) is 5.87. The van der Waals surface area contributed by atoms with Gasteiger partial charge in [-0.05, 0) is 6.07 Å². The summed E-state index contributed by atoms with van der Waals surface area (Å²) in [5.74, 6) is -2.38. The van der Waals surface area contributed by atoms with Gasteiger partial charge in [-0.2, -0.15) is 4.73 Å². The van der Waals surface area contributed by atoms with Crippen molar-refractivity contribution in [3.63, 3.8) is 0 Å². The fraction of sp³-hybridized carbons (Fsp3) is 0.250. The summed E-state index contributed by atoms with van der Waals surface area (Å²) in [7, 11) is 0. The highest BCUT2D eigenvalue weighted by Crippen LogP contribution is 2.18. The fourth-order valence-corrected chi connectivity index (χ4v) is 2.66. The molecular formula is C16H14ClN3O6. The van der Waals surface area contributed by atoms with Gasteiger partial charge in [-0.3, -0.25) is 0 Å². The number of amides is 1. The van der Waals surface area contributed by atoms with E-state index in [1.165, 1.54) is 11.2 Å². The van der Waals surface area contributed by atoms with E-state index < -0.39 is 18.0 Å². The second kappa shape index (κ2) is 7.44. The molecule has 10 heteroatoms. The van der Waals surface area contributed by atoms with Crippen LogP contribution in [0.15, 0.2) is 30.6 Å². The van der Waals surface area contributed by atoms with Crippen LogP contribution in [0.1, 0.15) is 17.0 Å². The van der Waals surface area contributed by atoms with E-state index in [1.807, 2.05) is 0 Å². The number of ether oxygens (including phenoxy) is 1. The Morgan fingerprint density at radius 1 is 1.23 bits per heavy atom. The van der Waals surface area contributed by atoms with Crippen molar-refractivity contribution in [2.24, 2.45) is 0 Å². The van der Waals surface area contributed by atoms with Crippen molar-refractivity contribution in [3.05, 3.63) is 52.6 Å². The van der Waals surface area contributed by atoms with Crippen LogP contribution in [-0.4, -0.2) is 44.3 Å². The van der Waals surface area contributed by atoms with E-state index in [0.717, 1.165) is 4.73 Å². The molecule has 1 aliphatic heterocycles. The summed E-state index contributed by atoms with van der Waals surface area (Å²) in [6.45, 7) is 0.165. The third kappa shape index (κ3) is 3.77. The van der Waals surface area contributed by atoms with Crippen LogP contribution in [0.2, 0.25) is 5.02 Å². The minimum absolute atomic E-state index is 0.0895. The number of fused-ring (bicyclic) bond motifs is 1. The summed E-state index contributed by atoms with van der Waals surface area (Å²) in [5, 5.41) is 9.41. The molecule has 0 atom stereocenters. The molecule has 9 nitrogen and oxygen atoms in total. The SMILES string of the molecule is O=C(OCc1ccccc1Cl)C(=O)On1cnc2c1CCN(C(=O)O)C2. The minimum atomic E-state index is -1.21. The molecule has 26 heavy (non-hydrogen) atoms. The zero-order valence-electron chi connectivity index (χ0n) is 13.4. The highest BCUT2D eigenvalue weighted by Gasteiger charge is 2.27. The number of carbonyl (C=O) groups excluding carboxylic acids is 2. The molecule has 2 aromatic rings. The number of hydrogen-bond donors (Lipinski definition) is 1. The van der Waals surface area contributed by atoms with Gasteiger partial charge >= 0.3 is 18.0 Å². The number of hydrogen-bond acceptors (Lipinski definition) is 6. The number of carbonyl (C=O) groups is 3. The third-order valence-corrected chi connectivity index (χ3v) is 4.18. The summed E-state index contributed by atoms with van der Waals surface area (Å²) in [6, 6.07) is 6.77. The Hall–Kier alpha value is -3.07. The molecule has 0 fully saturated rings. The number of nitrogens with zero attached hydrogens (tertiary/aromatic N) is 3. The average Bonchev–Trinajstić information content (AvgIpc) is 3.02. The maximum atomic E-state index is 11.9. The van der Waals surface area contributed by atoms with Crippen LogP contribution in [0.4, 0.5) is 4.79 Å². The number of aromatic nitrogens is 2. The van der Waals surface area contributed by atoms with E-state index >= 15 is 0 Å². The van der Waals surface area contributed by atoms with Crippen molar-refractivity contribution in [1.29, 1.82) is 0 Å². The van der Waals surface area contributed by atoms with Crippen LogP contribution in [0.25, 0.3) is 0 Å². The Kier molecular flexibility index (Phi) is 5.08. The minimum Gasteiger partial charge on any atom is -0.465 e. The number of rotatable bonds is 3. The molecule has 0 saturated heterocycles. The molecular weight excluding hydrogens is 366 g/mol. The smallest absolute Gasteiger partial charge is 0.442 e. The first-order chi connectivity index (χ1) is 12.5. The Morgan fingerprint density at radius 3 is 2.73 bits per heavy atom. The van der Waals surface area contributed by atoms with Crippen molar-refractivity contribution in [1.82, 2.24) is 14.6 Å². The maximum absolute atomic E-state index is 11.9. The summed E-state index contributed by atoms with van der Waals surface area (Å²) in [6.07, 6.45) is 0.476. The van der Waals surface area contributed by atoms with Gasteiger partial charge in [-0.1, -0.05) is 29.8 Å². The Morgan fingerprint density at radius 2 is 2.00 bits per heavy atom. The molecule has 1 N–H and O–H groups in total. The van der Waals surface area contributed by atoms with Crippen molar-refractivity contribution in [2.75, 3.05) is 6.54 Å². The van der Waals surface area contributed by atoms with Crippen LogP contribution in [0.5, 0.6) is 0 Å². The zero-order chi connectivity index (χ0) is 18.7. The second-order valence-electron chi connectivity index (χ2n) is 5.46. The largest absolute Gasteiger partial charge is 0.465 e. The highest BCUT2D eigenvalue weighted by molar-refractivity contribution is 6.31.